The van der Waals surface area contributed by atoms with Gasteiger partial charge in [-0.05, 0) is 30.2 Å². The van der Waals surface area contributed by atoms with Gasteiger partial charge < -0.3 is 10.7 Å². The van der Waals surface area contributed by atoms with Crippen LogP contribution < -0.4 is 16.6 Å². The Kier molecular flexibility index (Phi) is 4.62. The number of halogens is 1. The molecule has 0 aliphatic rings. The van der Waals surface area contributed by atoms with E-state index in [1.165, 1.54) is 12.3 Å². The number of anilines is 1. The average molecular weight is 274 g/mol. The molecule has 0 saturated heterocycles. The molecule has 0 atom stereocenters. The summed E-state index contributed by atoms with van der Waals surface area (Å²) < 4.78 is 13.4. The minimum atomic E-state index is -0.303. The number of nitrogens with zero attached hydrogens (tertiary/aromatic N) is 1. The third kappa shape index (κ3) is 3.30. The van der Waals surface area contributed by atoms with Gasteiger partial charge in [0.15, 0.2) is 5.82 Å². The second kappa shape index (κ2) is 6.63. The first-order chi connectivity index (χ1) is 9.72. The van der Waals surface area contributed by atoms with Crippen LogP contribution in [-0.2, 0) is 6.42 Å². The molecule has 104 valence electrons. The van der Waals surface area contributed by atoms with Crippen molar-refractivity contribution < 1.29 is 9.18 Å². The highest BCUT2D eigenvalue weighted by atomic mass is 19.1. The standard InChI is InChI=1S/C14H15FN4O/c15-12-6-2-1-4-10(12)7-9-18-14(20)11-5-3-8-17-13(11)19-16/h1-6,8H,7,9,16H2,(H,17,19)(H,18,20). The molecule has 0 unspecified atom stereocenters. The zero-order chi connectivity index (χ0) is 14.4. The minimum absolute atomic E-state index is 0.271. The van der Waals surface area contributed by atoms with E-state index in [1.54, 1.807) is 30.3 Å². The van der Waals surface area contributed by atoms with Crippen LogP contribution in [0.15, 0.2) is 42.6 Å². The van der Waals surface area contributed by atoms with Gasteiger partial charge in [-0.15, -0.1) is 0 Å². The summed E-state index contributed by atoms with van der Waals surface area (Å²) in [5.41, 5.74) is 3.28. The molecule has 1 aromatic carbocycles. The minimum Gasteiger partial charge on any atom is -0.352 e. The van der Waals surface area contributed by atoms with Crippen LogP contribution in [0, 0.1) is 5.82 Å². The highest BCUT2D eigenvalue weighted by molar-refractivity contribution is 5.98. The molecular formula is C14H15FN4O. The Morgan fingerprint density at radius 1 is 1.25 bits per heavy atom. The number of benzene rings is 1. The molecule has 0 fully saturated rings. The van der Waals surface area contributed by atoms with Crippen LogP contribution in [0.4, 0.5) is 10.2 Å². The maximum Gasteiger partial charge on any atom is 0.255 e. The fourth-order valence-electron chi connectivity index (χ4n) is 1.81. The predicted molar refractivity (Wildman–Crippen MR) is 74.5 cm³/mol. The van der Waals surface area contributed by atoms with Crippen molar-refractivity contribution in [3.05, 3.63) is 59.5 Å². The maximum atomic E-state index is 13.4. The van der Waals surface area contributed by atoms with Crippen molar-refractivity contribution in [3.63, 3.8) is 0 Å². The van der Waals surface area contributed by atoms with Gasteiger partial charge in [-0.2, -0.15) is 0 Å². The van der Waals surface area contributed by atoms with Crippen LogP contribution in [0.1, 0.15) is 15.9 Å². The number of carbonyl (C=O) groups excluding carboxylic acids is 1. The van der Waals surface area contributed by atoms with E-state index in [1.807, 2.05) is 0 Å². The number of hydrazine groups is 1. The summed E-state index contributed by atoms with van der Waals surface area (Å²) in [6.45, 7) is 0.332. The van der Waals surface area contributed by atoms with Crippen molar-refractivity contribution in [1.29, 1.82) is 0 Å². The fourth-order valence-corrected chi connectivity index (χ4v) is 1.81. The number of aromatic nitrogens is 1. The number of nitrogens with two attached hydrogens (primary N) is 1. The second-order valence-corrected chi connectivity index (χ2v) is 4.14. The van der Waals surface area contributed by atoms with E-state index in [-0.39, 0.29) is 11.7 Å². The molecule has 5 nitrogen and oxygen atoms in total. The lowest BCUT2D eigenvalue weighted by Gasteiger charge is -2.08. The molecule has 1 amide bonds. The number of amides is 1. The van der Waals surface area contributed by atoms with E-state index in [0.29, 0.717) is 29.9 Å². The van der Waals surface area contributed by atoms with Crippen molar-refractivity contribution in [1.82, 2.24) is 10.3 Å². The van der Waals surface area contributed by atoms with Crippen molar-refractivity contribution in [2.45, 2.75) is 6.42 Å². The lowest BCUT2D eigenvalue weighted by molar-refractivity contribution is 0.0954. The molecule has 20 heavy (non-hydrogen) atoms. The summed E-state index contributed by atoms with van der Waals surface area (Å²) in [4.78, 5) is 15.9. The summed E-state index contributed by atoms with van der Waals surface area (Å²) in [6, 6.07) is 9.74. The van der Waals surface area contributed by atoms with Gasteiger partial charge in [0.2, 0.25) is 0 Å². The Hall–Kier alpha value is -2.47. The topological polar surface area (TPSA) is 80.0 Å². The van der Waals surface area contributed by atoms with Gasteiger partial charge in [0.1, 0.15) is 5.82 Å². The van der Waals surface area contributed by atoms with Gasteiger partial charge in [0.05, 0.1) is 5.56 Å². The first-order valence-electron chi connectivity index (χ1n) is 6.15. The van der Waals surface area contributed by atoms with E-state index in [2.05, 4.69) is 15.7 Å². The van der Waals surface area contributed by atoms with Gasteiger partial charge in [0.25, 0.3) is 5.91 Å². The number of pyridine rings is 1. The molecule has 0 aliphatic heterocycles. The SMILES string of the molecule is NNc1ncccc1C(=O)NCCc1ccccc1F. The third-order valence-corrected chi connectivity index (χ3v) is 2.83. The molecule has 2 rings (SSSR count). The molecule has 0 saturated carbocycles. The molecule has 2 aromatic rings. The van der Waals surface area contributed by atoms with E-state index < -0.39 is 0 Å². The zero-order valence-electron chi connectivity index (χ0n) is 10.8. The Bertz CT molecular complexity index is 603. The van der Waals surface area contributed by atoms with E-state index in [9.17, 15) is 9.18 Å². The monoisotopic (exact) mass is 274 g/mol. The highest BCUT2D eigenvalue weighted by Gasteiger charge is 2.11. The molecule has 0 aliphatic carbocycles. The molecule has 4 N–H and O–H groups in total. The Labute approximate surface area is 116 Å². The smallest absolute Gasteiger partial charge is 0.255 e. The van der Waals surface area contributed by atoms with Crippen LogP contribution in [0.3, 0.4) is 0 Å². The van der Waals surface area contributed by atoms with Crippen molar-refractivity contribution in [2.75, 3.05) is 12.0 Å². The Morgan fingerprint density at radius 2 is 2.05 bits per heavy atom. The van der Waals surface area contributed by atoms with Crippen LogP contribution in [0.25, 0.3) is 0 Å². The van der Waals surface area contributed by atoms with Gasteiger partial charge in [-0.1, -0.05) is 18.2 Å². The van der Waals surface area contributed by atoms with Crippen molar-refractivity contribution in [3.8, 4) is 0 Å². The normalized spacial score (nSPS) is 10.1. The molecule has 6 heteroatoms. The summed E-state index contributed by atoms with van der Waals surface area (Å²) in [6.07, 6.45) is 1.95. The van der Waals surface area contributed by atoms with E-state index in [0.717, 1.165) is 0 Å². The maximum absolute atomic E-state index is 13.4. The van der Waals surface area contributed by atoms with Gasteiger partial charge in [0, 0.05) is 12.7 Å². The van der Waals surface area contributed by atoms with Gasteiger partial charge >= 0.3 is 0 Å². The number of hydrogen-bond donors (Lipinski definition) is 3. The second-order valence-electron chi connectivity index (χ2n) is 4.14. The number of nitrogens with one attached hydrogen (secondary N) is 2. The fraction of sp³-hybridized carbons (Fsp3) is 0.143. The zero-order valence-corrected chi connectivity index (χ0v) is 10.8. The molecular weight excluding hydrogens is 259 g/mol. The van der Waals surface area contributed by atoms with Crippen molar-refractivity contribution >= 4 is 11.7 Å². The first-order valence-corrected chi connectivity index (χ1v) is 6.15. The Balaban J connectivity index is 1.94. The van der Waals surface area contributed by atoms with E-state index >= 15 is 0 Å². The summed E-state index contributed by atoms with van der Waals surface area (Å²) in [7, 11) is 0. The van der Waals surface area contributed by atoms with Crippen LogP contribution in [0.5, 0.6) is 0 Å². The summed E-state index contributed by atoms with van der Waals surface area (Å²) in [5.74, 6) is 5.01. The predicted octanol–water partition coefficient (Wildman–Crippen LogP) is 1.48. The molecule has 1 aromatic heterocycles. The third-order valence-electron chi connectivity index (χ3n) is 2.83. The highest BCUT2D eigenvalue weighted by Crippen LogP contribution is 2.10. The van der Waals surface area contributed by atoms with Gasteiger partial charge in [-0.3, -0.25) is 4.79 Å². The molecule has 0 radical (unpaired) electrons. The average Bonchev–Trinajstić information content (AvgIpc) is 2.49. The quantitative estimate of drug-likeness (QED) is 0.570. The Morgan fingerprint density at radius 3 is 2.80 bits per heavy atom. The largest absolute Gasteiger partial charge is 0.352 e. The lowest BCUT2D eigenvalue weighted by Crippen LogP contribution is -2.27. The summed E-state index contributed by atoms with van der Waals surface area (Å²) >= 11 is 0. The van der Waals surface area contributed by atoms with Crippen LogP contribution >= 0.6 is 0 Å². The number of nitrogen functional groups attached to an aromatic ring is 1. The van der Waals surface area contributed by atoms with E-state index in [4.69, 9.17) is 5.84 Å². The lowest BCUT2D eigenvalue weighted by atomic mass is 10.1. The number of rotatable bonds is 5. The van der Waals surface area contributed by atoms with Gasteiger partial charge in [-0.25, -0.2) is 15.2 Å². The summed E-state index contributed by atoms with van der Waals surface area (Å²) in [5, 5.41) is 2.71. The molecule has 0 bridgehead atoms. The molecule has 1 heterocycles. The van der Waals surface area contributed by atoms with Crippen LogP contribution in [-0.4, -0.2) is 17.4 Å². The molecule has 0 spiro atoms. The first kappa shape index (κ1) is 14.0. The van der Waals surface area contributed by atoms with Crippen LogP contribution in [0.2, 0.25) is 0 Å². The number of hydrogen-bond acceptors (Lipinski definition) is 4. The van der Waals surface area contributed by atoms with Crippen molar-refractivity contribution in [2.24, 2.45) is 5.84 Å². The number of carbonyl (C=O) groups is 1.